The second kappa shape index (κ2) is 7.03. The molecule has 0 aliphatic rings. The van der Waals surface area contributed by atoms with Gasteiger partial charge in [-0.05, 0) is 13.8 Å². The fourth-order valence-corrected chi connectivity index (χ4v) is 0.489. The molecule has 0 aliphatic heterocycles. The molecule has 0 rings (SSSR count). The zero-order valence-electron chi connectivity index (χ0n) is 6.74. The van der Waals surface area contributed by atoms with Gasteiger partial charge in [0.05, 0.1) is 0 Å². The van der Waals surface area contributed by atoms with Crippen LogP contribution in [-0.4, -0.2) is 13.1 Å². The lowest BCUT2D eigenvalue weighted by atomic mass is 10.3. The maximum absolute atomic E-state index is 3.76. The van der Waals surface area contributed by atoms with Crippen LogP contribution in [0.25, 0.3) is 0 Å². The van der Waals surface area contributed by atoms with Crippen LogP contribution in [-0.2, 0) is 0 Å². The van der Waals surface area contributed by atoms with Crippen molar-refractivity contribution in [3.63, 3.8) is 0 Å². The molecule has 60 valence electrons. The molecule has 0 bridgehead atoms. The predicted octanol–water partition coefficient (Wildman–Crippen LogP) is 2.31. The first-order valence-electron chi connectivity index (χ1n) is 3.12. The van der Waals surface area contributed by atoms with Crippen LogP contribution >= 0.6 is 17.0 Å². The first-order chi connectivity index (χ1) is 4.13. The normalized spacial score (nSPS) is 8.20. The Kier molecular flexibility index (Phi) is 8.85. The lowest BCUT2D eigenvalue weighted by molar-refractivity contribution is 0.793. The van der Waals surface area contributed by atoms with E-state index in [-0.39, 0.29) is 17.0 Å². The molecule has 0 aromatic heterocycles. The standard InChI is InChI=1S/C8H15N.BrH/c1-7(2)5-9-6-8(3)4;/h9H,1,3,5-6H2,2,4H3;1H. The lowest BCUT2D eigenvalue weighted by Gasteiger charge is -2.01. The Hall–Kier alpha value is -0.0800. The molecular weight excluding hydrogens is 190 g/mol. The lowest BCUT2D eigenvalue weighted by Crippen LogP contribution is -2.17. The van der Waals surface area contributed by atoms with Crippen molar-refractivity contribution in [2.24, 2.45) is 0 Å². The Balaban J connectivity index is 0. The molecule has 0 radical (unpaired) electrons. The Bertz CT molecular complexity index is 104. The second-order valence-corrected chi connectivity index (χ2v) is 2.52. The minimum atomic E-state index is 0. The third kappa shape index (κ3) is 10.8. The van der Waals surface area contributed by atoms with Crippen LogP contribution in [0.2, 0.25) is 0 Å². The fourth-order valence-electron chi connectivity index (χ4n) is 0.489. The summed E-state index contributed by atoms with van der Waals surface area (Å²) in [5, 5.41) is 3.19. The largest absolute Gasteiger partial charge is 0.309 e. The van der Waals surface area contributed by atoms with Gasteiger partial charge in [-0.3, -0.25) is 0 Å². The van der Waals surface area contributed by atoms with E-state index in [0.29, 0.717) is 0 Å². The predicted molar refractivity (Wildman–Crippen MR) is 52.8 cm³/mol. The second-order valence-electron chi connectivity index (χ2n) is 2.52. The number of nitrogens with one attached hydrogen (secondary N) is 1. The number of hydrogen-bond acceptors (Lipinski definition) is 1. The van der Waals surface area contributed by atoms with Crippen molar-refractivity contribution >= 4 is 17.0 Å². The van der Waals surface area contributed by atoms with Crippen molar-refractivity contribution in [2.45, 2.75) is 13.8 Å². The van der Waals surface area contributed by atoms with E-state index in [1.54, 1.807) is 0 Å². The summed E-state index contributed by atoms with van der Waals surface area (Å²) in [7, 11) is 0. The third-order valence-electron chi connectivity index (χ3n) is 0.854. The number of hydrogen-bond donors (Lipinski definition) is 1. The van der Waals surface area contributed by atoms with Crippen molar-refractivity contribution in [3.8, 4) is 0 Å². The van der Waals surface area contributed by atoms with Crippen molar-refractivity contribution in [1.82, 2.24) is 5.32 Å². The van der Waals surface area contributed by atoms with Crippen LogP contribution in [0.15, 0.2) is 24.3 Å². The molecular formula is C8H16BrN. The van der Waals surface area contributed by atoms with Gasteiger partial charge in [-0.15, -0.1) is 17.0 Å². The van der Waals surface area contributed by atoms with Gasteiger partial charge in [0, 0.05) is 13.1 Å². The molecule has 0 spiro atoms. The van der Waals surface area contributed by atoms with Gasteiger partial charge < -0.3 is 5.32 Å². The Labute approximate surface area is 74.0 Å². The van der Waals surface area contributed by atoms with Crippen molar-refractivity contribution in [3.05, 3.63) is 24.3 Å². The number of rotatable bonds is 4. The molecule has 0 fully saturated rings. The zero-order chi connectivity index (χ0) is 7.28. The smallest absolute Gasteiger partial charge is 0.0162 e. The molecule has 1 N–H and O–H groups in total. The van der Waals surface area contributed by atoms with Crippen molar-refractivity contribution in [2.75, 3.05) is 13.1 Å². The molecule has 0 heterocycles. The van der Waals surface area contributed by atoms with Gasteiger partial charge in [-0.1, -0.05) is 24.3 Å². The summed E-state index contributed by atoms with van der Waals surface area (Å²) in [5.41, 5.74) is 2.33. The molecule has 10 heavy (non-hydrogen) atoms. The molecule has 0 unspecified atom stereocenters. The molecule has 1 nitrogen and oxygen atoms in total. The van der Waals surface area contributed by atoms with Gasteiger partial charge in [0.1, 0.15) is 0 Å². The van der Waals surface area contributed by atoms with Gasteiger partial charge >= 0.3 is 0 Å². The average molecular weight is 206 g/mol. The van der Waals surface area contributed by atoms with E-state index in [1.807, 2.05) is 13.8 Å². The Morgan fingerprint density at radius 2 is 1.40 bits per heavy atom. The van der Waals surface area contributed by atoms with Gasteiger partial charge in [0.2, 0.25) is 0 Å². The first kappa shape index (κ1) is 12.6. The van der Waals surface area contributed by atoms with Gasteiger partial charge in [0.25, 0.3) is 0 Å². The highest BCUT2D eigenvalue weighted by atomic mass is 79.9. The molecule has 0 saturated carbocycles. The van der Waals surface area contributed by atoms with Gasteiger partial charge in [-0.2, -0.15) is 0 Å². The van der Waals surface area contributed by atoms with Crippen LogP contribution in [0.5, 0.6) is 0 Å². The van der Waals surface area contributed by atoms with Gasteiger partial charge in [0.15, 0.2) is 0 Å². The summed E-state index contributed by atoms with van der Waals surface area (Å²) in [5.74, 6) is 0. The highest BCUT2D eigenvalue weighted by Gasteiger charge is 1.85. The van der Waals surface area contributed by atoms with Crippen LogP contribution < -0.4 is 5.32 Å². The fraction of sp³-hybridized carbons (Fsp3) is 0.500. The minimum absolute atomic E-state index is 0. The molecule has 0 aliphatic carbocycles. The minimum Gasteiger partial charge on any atom is -0.309 e. The Morgan fingerprint density at radius 3 is 1.60 bits per heavy atom. The molecule has 0 amide bonds. The summed E-state index contributed by atoms with van der Waals surface area (Å²) < 4.78 is 0. The maximum Gasteiger partial charge on any atom is 0.0162 e. The van der Waals surface area contributed by atoms with E-state index in [0.717, 1.165) is 24.2 Å². The average Bonchev–Trinajstić information content (AvgIpc) is 1.63. The highest BCUT2D eigenvalue weighted by Crippen LogP contribution is 1.84. The SMILES string of the molecule is Br.C=C(C)CNCC(=C)C. The first-order valence-corrected chi connectivity index (χ1v) is 3.12. The van der Waals surface area contributed by atoms with E-state index in [4.69, 9.17) is 0 Å². The summed E-state index contributed by atoms with van der Waals surface area (Å²) in [4.78, 5) is 0. The van der Waals surface area contributed by atoms with E-state index < -0.39 is 0 Å². The van der Waals surface area contributed by atoms with E-state index in [9.17, 15) is 0 Å². The quantitative estimate of drug-likeness (QED) is 0.696. The summed E-state index contributed by atoms with van der Waals surface area (Å²) in [6, 6.07) is 0. The maximum atomic E-state index is 3.76. The van der Waals surface area contributed by atoms with E-state index in [2.05, 4.69) is 18.5 Å². The van der Waals surface area contributed by atoms with Crippen LogP contribution in [0.1, 0.15) is 13.8 Å². The molecule has 0 aromatic carbocycles. The van der Waals surface area contributed by atoms with Crippen LogP contribution in [0, 0.1) is 0 Å². The summed E-state index contributed by atoms with van der Waals surface area (Å²) >= 11 is 0. The van der Waals surface area contributed by atoms with Crippen molar-refractivity contribution < 1.29 is 0 Å². The van der Waals surface area contributed by atoms with Crippen LogP contribution in [0.3, 0.4) is 0 Å². The van der Waals surface area contributed by atoms with E-state index in [1.165, 1.54) is 0 Å². The van der Waals surface area contributed by atoms with Crippen LogP contribution in [0.4, 0.5) is 0 Å². The summed E-state index contributed by atoms with van der Waals surface area (Å²) in [6.07, 6.45) is 0. The molecule has 2 heteroatoms. The molecule has 0 atom stereocenters. The third-order valence-corrected chi connectivity index (χ3v) is 0.854. The van der Waals surface area contributed by atoms with Gasteiger partial charge in [-0.25, -0.2) is 0 Å². The highest BCUT2D eigenvalue weighted by molar-refractivity contribution is 8.93. The number of halogens is 1. The summed E-state index contributed by atoms with van der Waals surface area (Å²) in [6.45, 7) is 13.3. The monoisotopic (exact) mass is 205 g/mol. The Morgan fingerprint density at radius 1 is 1.10 bits per heavy atom. The van der Waals surface area contributed by atoms with E-state index >= 15 is 0 Å². The topological polar surface area (TPSA) is 12.0 Å². The zero-order valence-corrected chi connectivity index (χ0v) is 8.45. The molecule has 0 saturated heterocycles. The van der Waals surface area contributed by atoms with Crippen molar-refractivity contribution in [1.29, 1.82) is 0 Å². The molecule has 0 aromatic rings.